The number of likely N-dealkylation sites (tertiary alicyclic amines) is 1. The molecule has 1 aromatic carbocycles. The normalized spacial score (nSPS) is 18.5. The van der Waals surface area contributed by atoms with Crippen molar-refractivity contribution in [2.45, 2.75) is 38.6 Å². The summed E-state index contributed by atoms with van der Waals surface area (Å²) in [6.07, 6.45) is 3.67. The summed E-state index contributed by atoms with van der Waals surface area (Å²) in [6, 6.07) is 4.84. The van der Waals surface area contributed by atoms with Gasteiger partial charge in [0.25, 0.3) is 0 Å². The van der Waals surface area contributed by atoms with E-state index in [9.17, 15) is 8.78 Å². The van der Waals surface area contributed by atoms with Gasteiger partial charge in [0.15, 0.2) is 11.6 Å². The Hall–Kier alpha value is -1.33. The molecule has 2 heterocycles. The van der Waals surface area contributed by atoms with Gasteiger partial charge in [-0.3, -0.25) is 4.90 Å². The van der Waals surface area contributed by atoms with E-state index in [1.165, 1.54) is 10.9 Å². The first-order valence-corrected chi connectivity index (χ1v) is 8.48. The molecule has 0 unspecified atom stereocenters. The molecule has 0 amide bonds. The molecule has 1 atom stereocenters. The Bertz CT molecular complexity index is 648. The predicted octanol–water partition coefficient (Wildman–Crippen LogP) is 4.67. The van der Waals surface area contributed by atoms with Gasteiger partial charge in [0.1, 0.15) is 0 Å². The first-order valence-electron chi connectivity index (χ1n) is 7.66. The highest BCUT2D eigenvalue weighted by Gasteiger charge is 2.27. The molecule has 1 saturated heterocycles. The molecule has 0 saturated carbocycles. The molecule has 0 radical (unpaired) electrons. The maximum Gasteiger partial charge on any atom is 0.162 e. The van der Waals surface area contributed by atoms with Crippen molar-refractivity contribution in [2.75, 3.05) is 13.1 Å². The Balaban J connectivity index is 1.66. The molecular weight excluding hydrogens is 302 g/mol. The highest BCUT2D eigenvalue weighted by atomic mass is 32.1. The molecule has 2 nitrogen and oxygen atoms in total. The molecule has 22 heavy (non-hydrogen) atoms. The third kappa shape index (κ3) is 3.06. The van der Waals surface area contributed by atoms with Gasteiger partial charge in [-0.15, -0.1) is 11.3 Å². The maximum atomic E-state index is 13.9. The van der Waals surface area contributed by atoms with Gasteiger partial charge in [0.05, 0.1) is 5.01 Å². The van der Waals surface area contributed by atoms with Gasteiger partial charge < -0.3 is 0 Å². The zero-order valence-electron chi connectivity index (χ0n) is 12.9. The summed E-state index contributed by atoms with van der Waals surface area (Å²) >= 11 is 1.73. The number of piperidine rings is 1. The minimum Gasteiger partial charge on any atom is -0.296 e. The van der Waals surface area contributed by atoms with E-state index in [-0.39, 0.29) is 5.92 Å². The second-order valence-corrected chi connectivity index (χ2v) is 7.18. The van der Waals surface area contributed by atoms with Crippen molar-refractivity contribution < 1.29 is 8.78 Å². The van der Waals surface area contributed by atoms with Crippen LogP contribution in [-0.2, 0) is 0 Å². The van der Waals surface area contributed by atoms with Crippen LogP contribution in [0, 0.1) is 18.6 Å². The molecule has 2 aromatic rings. The average Bonchev–Trinajstić information content (AvgIpc) is 2.96. The molecule has 1 fully saturated rings. The molecule has 1 aromatic heterocycles. The van der Waals surface area contributed by atoms with Crippen LogP contribution in [0.1, 0.15) is 47.2 Å². The summed E-state index contributed by atoms with van der Waals surface area (Å²) in [6.45, 7) is 6.01. The summed E-state index contributed by atoms with van der Waals surface area (Å²) in [5.41, 5.74) is 0.529. The van der Waals surface area contributed by atoms with Crippen molar-refractivity contribution in [3.8, 4) is 0 Å². The molecule has 0 aliphatic carbocycles. The fraction of sp³-hybridized carbons (Fsp3) is 0.471. The Kier molecular flexibility index (Phi) is 4.54. The largest absolute Gasteiger partial charge is 0.296 e. The average molecular weight is 322 g/mol. The van der Waals surface area contributed by atoms with Crippen LogP contribution in [0.25, 0.3) is 0 Å². The molecule has 0 spiro atoms. The predicted molar refractivity (Wildman–Crippen MR) is 85.2 cm³/mol. The first-order chi connectivity index (χ1) is 10.6. The number of hydrogen-bond acceptors (Lipinski definition) is 3. The topological polar surface area (TPSA) is 16.1 Å². The van der Waals surface area contributed by atoms with Crippen LogP contribution in [0.3, 0.4) is 0 Å². The Morgan fingerprint density at radius 1 is 1.27 bits per heavy atom. The summed E-state index contributed by atoms with van der Waals surface area (Å²) < 4.78 is 27.3. The van der Waals surface area contributed by atoms with Gasteiger partial charge in [0, 0.05) is 17.1 Å². The Labute approximate surface area is 133 Å². The van der Waals surface area contributed by atoms with Crippen LogP contribution in [0.2, 0.25) is 0 Å². The van der Waals surface area contributed by atoms with Crippen LogP contribution in [0.15, 0.2) is 24.4 Å². The third-order valence-electron chi connectivity index (χ3n) is 4.55. The Morgan fingerprint density at radius 3 is 2.64 bits per heavy atom. The standard InChI is InChI=1S/C17H20F2N2S/c1-11(16-10-20-12(2)22-16)21-8-6-13(7-9-21)14-4-3-5-15(18)17(14)19/h3-5,10-11,13H,6-9H2,1-2H3/t11-/m1/s1. The molecule has 0 N–H and O–H groups in total. The van der Waals surface area contributed by atoms with Crippen molar-refractivity contribution in [1.29, 1.82) is 0 Å². The molecule has 118 valence electrons. The number of benzene rings is 1. The molecule has 5 heteroatoms. The molecule has 0 bridgehead atoms. The smallest absolute Gasteiger partial charge is 0.162 e. The van der Waals surface area contributed by atoms with Crippen LogP contribution < -0.4 is 0 Å². The number of halogens is 2. The van der Waals surface area contributed by atoms with Crippen LogP contribution in [0.5, 0.6) is 0 Å². The van der Waals surface area contributed by atoms with E-state index in [2.05, 4.69) is 16.8 Å². The number of hydrogen-bond donors (Lipinski definition) is 0. The second-order valence-electron chi connectivity index (χ2n) is 5.91. The third-order valence-corrected chi connectivity index (χ3v) is 5.63. The van der Waals surface area contributed by atoms with Crippen molar-refractivity contribution in [3.05, 3.63) is 51.5 Å². The van der Waals surface area contributed by atoms with E-state index in [0.29, 0.717) is 11.6 Å². The minimum absolute atomic E-state index is 0.113. The zero-order valence-corrected chi connectivity index (χ0v) is 13.7. The Morgan fingerprint density at radius 2 is 2.00 bits per heavy atom. The number of aromatic nitrogens is 1. The highest BCUT2D eigenvalue weighted by molar-refractivity contribution is 7.11. The highest BCUT2D eigenvalue weighted by Crippen LogP contribution is 2.34. The van der Waals surface area contributed by atoms with Crippen molar-refractivity contribution in [3.63, 3.8) is 0 Å². The monoisotopic (exact) mass is 322 g/mol. The lowest BCUT2D eigenvalue weighted by molar-refractivity contribution is 0.163. The van der Waals surface area contributed by atoms with E-state index < -0.39 is 11.6 Å². The minimum atomic E-state index is -0.742. The fourth-order valence-electron chi connectivity index (χ4n) is 3.18. The van der Waals surface area contributed by atoms with Crippen molar-refractivity contribution in [1.82, 2.24) is 9.88 Å². The summed E-state index contributed by atoms with van der Waals surface area (Å²) in [5.74, 6) is -1.30. The number of thiazole rings is 1. The van der Waals surface area contributed by atoms with Crippen LogP contribution in [0.4, 0.5) is 8.78 Å². The quantitative estimate of drug-likeness (QED) is 0.816. The van der Waals surface area contributed by atoms with Crippen LogP contribution >= 0.6 is 11.3 Å². The maximum absolute atomic E-state index is 13.9. The van der Waals surface area contributed by atoms with Crippen molar-refractivity contribution >= 4 is 11.3 Å². The number of nitrogens with zero attached hydrogens (tertiary/aromatic N) is 2. The van der Waals surface area contributed by atoms with Crippen molar-refractivity contribution in [2.24, 2.45) is 0 Å². The van der Waals surface area contributed by atoms with Gasteiger partial charge in [-0.05, 0) is 57.3 Å². The van der Waals surface area contributed by atoms with E-state index in [0.717, 1.165) is 30.9 Å². The van der Waals surface area contributed by atoms with E-state index >= 15 is 0 Å². The van der Waals surface area contributed by atoms with E-state index in [4.69, 9.17) is 0 Å². The molecule has 3 rings (SSSR count). The van der Waals surface area contributed by atoms with E-state index in [1.807, 2.05) is 13.1 Å². The summed E-state index contributed by atoms with van der Waals surface area (Å²) in [7, 11) is 0. The van der Waals surface area contributed by atoms with Gasteiger partial charge in [-0.1, -0.05) is 12.1 Å². The lowest BCUT2D eigenvalue weighted by Gasteiger charge is -2.35. The number of aryl methyl sites for hydroxylation is 1. The van der Waals surface area contributed by atoms with Gasteiger partial charge in [0.2, 0.25) is 0 Å². The fourth-order valence-corrected chi connectivity index (χ4v) is 4.06. The van der Waals surface area contributed by atoms with Crippen LogP contribution in [-0.4, -0.2) is 23.0 Å². The molecular formula is C17H20F2N2S. The zero-order chi connectivity index (χ0) is 15.7. The van der Waals surface area contributed by atoms with Gasteiger partial charge >= 0.3 is 0 Å². The summed E-state index contributed by atoms with van der Waals surface area (Å²) in [5, 5.41) is 1.08. The van der Waals surface area contributed by atoms with Gasteiger partial charge in [-0.25, -0.2) is 13.8 Å². The number of rotatable bonds is 3. The first kappa shape index (κ1) is 15.6. The molecule has 1 aliphatic rings. The summed E-state index contributed by atoms with van der Waals surface area (Å²) in [4.78, 5) is 7.99. The lowest BCUT2D eigenvalue weighted by atomic mass is 9.88. The second kappa shape index (κ2) is 6.42. The molecule has 1 aliphatic heterocycles. The van der Waals surface area contributed by atoms with E-state index in [1.54, 1.807) is 23.5 Å². The van der Waals surface area contributed by atoms with Gasteiger partial charge in [-0.2, -0.15) is 0 Å². The SMILES string of the molecule is Cc1ncc([C@@H](C)N2CCC(c3cccc(F)c3F)CC2)s1. The lowest BCUT2D eigenvalue weighted by Crippen LogP contribution is -2.35.